The van der Waals surface area contributed by atoms with Crippen molar-refractivity contribution in [1.82, 2.24) is 10.2 Å². The van der Waals surface area contributed by atoms with Crippen LogP contribution in [0.15, 0.2) is 0 Å². The zero-order valence-electron chi connectivity index (χ0n) is 9.89. The lowest BCUT2D eigenvalue weighted by Crippen LogP contribution is -2.53. The normalized spacial score (nSPS) is 32.1. The van der Waals surface area contributed by atoms with Crippen molar-refractivity contribution in [3.05, 3.63) is 0 Å². The lowest BCUT2D eigenvalue weighted by Gasteiger charge is -2.36. The van der Waals surface area contributed by atoms with Crippen LogP contribution in [0, 0.1) is 0 Å². The average Bonchev–Trinajstić information content (AvgIpc) is 2.71. The van der Waals surface area contributed by atoms with E-state index in [4.69, 9.17) is 9.84 Å². The highest BCUT2D eigenvalue weighted by molar-refractivity contribution is 5.83. The summed E-state index contributed by atoms with van der Waals surface area (Å²) in [5, 5.41) is 11.8. The molecule has 2 fully saturated rings. The number of carboxylic acid groups (broad SMARTS) is 1. The number of nitrogens with zero attached hydrogens (tertiary/aromatic N) is 1. The van der Waals surface area contributed by atoms with Crippen LogP contribution in [0.4, 0.5) is 4.79 Å². The second-order valence-corrected chi connectivity index (χ2v) is 4.67. The quantitative estimate of drug-likeness (QED) is 0.752. The van der Waals surface area contributed by atoms with Gasteiger partial charge >= 0.3 is 12.0 Å². The molecule has 1 unspecified atom stereocenters. The predicted octanol–water partition coefficient (Wildman–Crippen LogP) is 0.422. The zero-order valence-corrected chi connectivity index (χ0v) is 9.89. The number of carboxylic acids is 1. The molecule has 1 saturated heterocycles. The van der Waals surface area contributed by atoms with Crippen LogP contribution in [0.3, 0.4) is 0 Å². The molecule has 2 amide bonds. The average molecular weight is 242 g/mol. The van der Waals surface area contributed by atoms with Crippen LogP contribution in [0.1, 0.15) is 25.7 Å². The molecule has 0 bridgehead atoms. The van der Waals surface area contributed by atoms with E-state index in [-0.39, 0.29) is 18.2 Å². The van der Waals surface area contributed by atoms with Gasteiger partial charge in [0.05, 0.1) is 6.10 Å². The number of amides is 2. The fourth-order valence-electron chi connectivity index (χ4n) is 2.40. The molecule has 0 aromatic heterocycles. The first kappa shape index (κ1) is 12.2. The first-order valence-electron chi connectivity index (χ1n) is 5.94. The number of carbonyl (C=O) groups excluding carboxylic acids is 1. The predicted molar refractivity (Wildman–Crippen MR) is 59.7 cm³/mol. The maximum Gasteiger partial charge on any atom is 0.326 e. The van der Waals surface area contributed by atoms with Gasteiger partial charge in [0.15, 0.2) is 0 Å². The van der Waals surface area contributed by atoms with E-state index >= 15 is 0 Å². The Bertz CT molecular complexity index is 315. The summed E-state index contributed by atoms with van der Waals surface area (Å²) < 4.78 is 5.12. The Hall–Kier alpha value is -1.30. The molecule has 2 aliphatic rings. The zero-order chi connectivity index (χ0) is 12.4. The molecule has 6 nitrogen and oxygen atoms in total. The smallest absolute Gasteiger partial charge is 0.326 e. The summed E-state index contributed by atoms with van der Waals surface area (Å²) in [7, 11) is 1.66. The SMILES string of the molecule is COC1CC(NC(=O)N2CCCC2C(=O)O)C1. The van der Waals surface area contributed by atoms with Crippen LogP contribution in [-0.2, 0) is 9.53 Å². The van der Waals surface area contributed by atoms with Crippen LogP contribution < -0.4 is 5.32 Å². The topological polar surface area (TPSA) is 78.9 Å². The number of urea groups is 1. The molecule has 6 heteroatoms. The first-order valence-corrected chi connectivity index (χ1v) is 5.94. The van der Waals surface area contributed by atoms with Gasteiger partial charge in [-0.05, 0) is 25.7 Å². The van der Waals surface area contributed by atoms with Gasteiger partial charge in [0.1, 0.15) is 6.04 Å². The monoisotopic (exact) mass is 242 g/mol. The fourth-order valence-corrected chi connectivity index (χ4v) is 2.40. The van der Waals surface area contributed by atoms with E-state index in [0.717, 1.165) is 19.3 Å². The van der Waals surface area contributed by atoms with Gasteiger partial charge in [-0.2, -0.15) is 0 Å². The number of hydrogen-bond donors (Lipinski definition) is 2. The number of likely N-dealkylation sites (tertiary alicyclic amines) is 1. The van der Waals surface area contributed by atoms with E-state index in [1.807, 2.05) is 0 Å². The molecule has 1 atom stereocenters. The van der Waals surface area contributed by atoms with Gasteiger partial charge in [0.25, 0.3) is 0 Å². The molecule has 1 aliphatic carbocycles. The van der Waals surface area contributed by atoms with Crippen molar-refractivity contribution in [2.75, 3.05) is 13.7 Å². The van der Waals surface area contributed by atoms with Crippen molar-refractivity contribution in [3.63, 3.8) is 0 Å². The third kappa shape index (κ3) is 2.52. The van der Waals surface area contributed by atoms with E-state index in [9.17, 15) is 9.59 Å². The summed E-state index contributed by atoms with van der Waals surface area (Å²) in [6.07, 6.45) is 3.17. The Morgan fingerprint density at radius 2 is 2.12 bits per heavy atom. The van der Waals surface area contributed by atoms with Gasteiger partial charge in [0, 0.05) is 19.7 Å². The van der Waals surface area contributed by atoms with Gasteiger partial charge in [-0.25, -0.2) is 9.59 Å². The van der Waals surface area contributed by atoms with Crippen LogP contribution in [0.5, 0.6) is 0 Å². The molecule has 1 heterocycles. The molecular formula is C11H18N2O4. The second-order valence-electron chi connectivity index (χ2n) is 4.67. The van der Waals surface area contributed by atoms with Crippen molar-refractivity contribution in [2.45, 2.75) is 43.9 Å². The number of aliphatic carboxylic acids is 1. The molecular weight excluding hydrogens is 224 g/mol. The van der Waals surface area contributed by atoms with Gasteiger partial charge < -0.3 is 20.1 Å². The van der Waals surface area contributed by atoms with Crippen molar-refractivity contribution in [1.29, 1.82) is 0 Å². The van der Waals surface area contributed by atoms with Gasteiger partial charge in [-0.1, -0.05) is 0 Å². The number of hydrogen-bond acceptors (Lipinski definition) is 3. The first-order chi connectivity index (χ1) is 8.11. The molecule has 0 radical (unpaired) electrons. The summed E-state index contributed by atoms with van der Waals surface area (Å²) >= 11 is 0. The second kappa shape index (κ2) is 4.91. The minimum atomic E-state index is -0.916. The number of carbonyl (C=O) groups is 2. The van der Waals surface area contributed by atoms with E-state index in [1.54, 1.807) is 7.11 Å². The summed E-state index contributed by atoms with van der Waals surface area (Å²) in [5.74, 6) is -0.916. The number of methoxy groups -OCH3 is 1. The van der Waals surface area contributed by atoms with Crippen LogP contribution in [-0.4, -0.2) is 53.8 Å². The molecule has 2 N–H and O–H groups in total. The lowest BCUT2D eigenvalue weighted by atomic mass is 9.89. The Labute approximate surface area is 99.9 Å². The minimum absolute atomic E-state index is 0.127. The summed E-state index contributed by atoms with van der Waals surface area (Å²) in [4.78, 5) is 24.2. The fraction of sp³-hybridized carbons (Fsp3) is 0.818. The number of ether oxygens (including phenoxy) is 1. The van der Waals surface area contributed by atoms with Crippen molar-refractivity contribution in [2.24, 2.45) is 0 Å². The third-order valence-corrected chi connectivity index (χ3v) is 3.55. The van der Waals surface area contributed by atoms with Crippen LogP contribution in [0.25, 0.3) is 0 Å². The number of rotatable bonds is 3. The van der Waals surface area contributed by atoms with E-state index in [0.29, 0.717) is 13.0 Å². The minimum Gasteiger partial charge on any atom is -0.480 e. The van der Waals surface area contributed by atoms with E-state index < -0.39 is 12.0 Å². The Morgan fingerprint density at radius 3 is 2.71 bits per heavy atom. The standard InChI is InChI=1S/C11H18N2O4/c1-17-8-5-7(6-8)12-11(16)13-4-2-3-9(13)10(14)15/h7-9H,2-6H2,1H3,(H,12,16)(H,14,15). The molecule has 96 valence electrons. The maximum atomic E-state index is 11.9. The van der Waals surface area contributed by atoms with Crippen LogP contribution in [0.2, 0.25) is 0 Å². The maximum absolute atomic E-state index is 11.9. The molecule has 0 aromatic rings. The Balaban J connectivity index is 1.82. The molecule has 0 spiro atoms. The van der Waals surface area contributed by atoms with Gasteiger partial charge in [-0.3, -0.25) is 0 Å². The molecule has 1 aliphatic heterocycles. The summed E-state index contributed by atoms with van der Waals surface area (Å²) in [5.41, 5.74) is 0. The molecule has 1 saturated carbocycles. The van der Waals surface area contributed by atoms with Crippen molar-refractivity contribution >= 4 is 12.0 Å². The lowest BCUT2D eigenvalue weighted by molar-refractivity contribution is -0.141. The third-order valence-electron chi connectivity index (χ3n) is 3.55. The number of nitrogens with one attached hydrogen (secondary N) is 1. The van der Waals surface area contributed by atoms with Crippen LogP contribution >= 0.6 is 0 Å². The summed E-state index contributed by atoms with van der Waals surface area (Å²) in [6, 6.07) is -0.787. The Morgan fingerprint density at radius 1 is 1.41 bits per heavy atom. The largest absolute Gasteiger partial charge is 0.480 e. The van der Waals surface area contributed by atoms with Gasteiger partial charge in [-0.15, -0.1) is 0 Å². The molecule has 2 rings (SSSR count). The van der Waals surface area contributed by atoms with E-state index in [2.05, 4.69) is 5.32 Å². The molecule has 0 aromatic carbocycles. The highest BCUT2D eigenvalue weighted by Crippen LogP contribution is 2.24. The van der Waals surface area contributed by atoms with Crippen molar-refractivity contribution < 1.29 is 19.4 Å². The highest BCUT2D eigenvalue weighted by Gasteiger charge is 2.37. The van der Waals surface area contributed by atoms with Gasteiger partial charge in [0.2, 0.25) is 0 Å². The summed E-state index contributed by atoms with van der Waals surface area (Å²) in [6.45, 7) is 0.531. The highest BCUT2D eigenvalue weighted by atomic mass is 16.5. The molecule has 17 heavy (non-hydrogen) atoms. The Kier molecular flexibility index (Phi) is 3.51. The van der Waals surface area contributed by atoms with E-state index in [1.165, 1.54) is 4.90 Å². The van der Waals surface area contributed by atoms with Crippen molar-refractivity contribution in [3.8, 4) is 0 Å².